The van der Waals surface area contributed by atoms with Crippen molar-refractivity contribution in [3.8, 4) is 0 Å². The number of carbonyl (C=O) groups excluding carboxylic acids is 2. The molecule has 0 amide bonds. The van der Waals surface area contributed by atoms with Gasteiger partial charge in [-0.25, -0.2) is 0 Å². The standard InChI is InChI=1S/2C2H4O2S.Ca/c2*3-2(4)1-5;/h2*5H,1H2,(H,3,4);/q;;+2/p-2. The van der Waals surface area contributed by atoms with Crippen molar-refractivity contribution >= 4 is 74.9 Å². The van der Waals surface area contributed by atoms with E-state index in [-0.39, 0.29) is 49.2 Å². The molecule has 4 nitrogen and oxygen atoms in total. The third-order valence-electron chi connectivity index (χ3n) is 0.258. The van der Waals surface area contributed by atoms with Gasteiger partial charge >= 0.3 is 37.7 Å². The van der Waals surface area contributed by atoms with Gasteiger partial charge in [-0.15, -0.1) is 0 Å². The van der Waals surface area contributed by atoms with E-state index in [2.05, 4.69) is 25.3 Å². The molecule has 0 aliphatic carbocycles. The fourth-order valence-corrected chi connectivity index (χ4v) is 0. The Bertz CT molecular complexity index is 105. The van der Waals surface area contributed by atoms with E-state index in [1.54, 1.807) is 0 Å². The smallest absolute Gasteiger partial charge is 0.549 e. The Morgan fingerprint density at radius 3 is 1.09 bits per heavy atom. The number of thiol groups is 2. The van der Waals surface area contributed by atoms with Gasteiger partial charge in [0.25, 0.3) is 0 Å². The summed E-state index contributed by atoms with van der Waals surface area (Å²) < 4.78 is 0. The van der Waals surface area contributed by atoms with Gasteiger partial charge in [-0.3, -0.25) is 0 Å². The summed E-state index contributed by atoms with van der Waals surface area (Å²) in [6.07, 6.45) is 0. The molecule has 0 saturated heterocycles. The average Bonchev–Trinajstić information content (AvgIpc) is 1.89. The van der Waals surface area contributed by atoms with Crippen molar-refractivity contribution in [2.24, 2.45) is 0 Å². The monoisotopic (exact) mass is 222 g/mol. The first-order valence-corrected chi connectivity index (χ1v) is 3.42. The quantitative estimate of drug-likeness (QED) is 0.384. The molecule has 0 aromatic rings. The molecule has 0 aliphatic heterocycles. The Morgan fingerprint density at radius 2 is 1.09 bits per heavy atom. The van der Waals surface area contributed by atoms with Crippen molar-refractivity contribution < 1.29 is 19.8 Å². The number of aliphatic carboxylic acids is 2. The Morgan fingerprint density at radius 1 is 1.00 bits per heavy atom. The summed E-state index contributed by atoms with van der Waals surface area (Å²) in [6.45, 7) is 0. The van der Waals surface area contributed by atoms with E-state index in [9.17, 15) is 19.8 Å². The Hall–Kier alpha value is 0.900. The van der Waals surface area contributed by atoms with E-state index in [1.165, 1.54) is 0 Å². The van der Waals surface area contributed by atoms with Crippen molar-refractivity contribution in [2.75, 3.05) is 11.5 Å². The van der Waals surface area contributed by atoms with E-state index in [0.717, 1.165) is 0 Å². The maximum Gasteiger partial charge on any atom is 2.00 e. The van der Waals surface area contributed by atoms with E-state index in [1.807, 2.05) is 0 Å². The van der Waals surface area contributed by atoms with Crippen LogP contribution in [0.1, 0.15) is 0 Å². The van der Waals surface area contributed by atoms with Crippen LogP contribution in [0.5, 0.6) is 0 Å². The fourth-order valence-electron chi connectivity index (χ4n) is 0. The maximum atomic E-state index is 9.18. The van der Waals surface area contributed by atoms with Crippen LogP contribution in [0.2, 0.25) is 0 Å². The Labute approximate surface area is 105 Å². The van der Waals surface area contributed by atoms with Gasteiger partial charge in [-0.05, 0) is 0 Å². The number of hydrogen-bond donors (Lipinski definition) is 2. The van der Waals surface area contributed by atoms with Crippen LogP contribution in [0.25, 0.3) is 0 Å². The number of carboxylic acid groups (broad SMARTS) is 2. The van der Waals surface area contributed by atoms with Gasteiger partial charge in [0, 0.05) is 11.5 Å². The Balaban J connectivity index is -0.000000107. The second-order valence-electron chi connectivity index (χ2n) is 1.06. The third kappa shape index (κ3) is 36.0. The summed E-state index contributed by atoms with van der Waals surface area (Å²) in [4.78, 5) is 18.4. The molecule has 0 aliphatic rings. The Kier molecular flexibility index (Phi) is 21.9. The van der Waals surface area contributed by atoms with Crippen LogP contribution in [0, 0.1) is 0 Å². The zero-order valence-corrected chi connectivity index (χ0v) is 9.65. The van der Waals surface area contributed by atoms with Crippen molar-refractivity contribution in [1.82, 2.24) is 0 Å². The molecular weight excluding hydrogens is 216 g/mol. The first kappa shape index (κ1) is 17.8. The first-order valence-electron chi connectivity index (χ1n) is 2.16. The maximum absolute atomic E-state index is 9.18. The first-order chi connectivity index (χ1) is 4.54. The van der Waals surface area contributed by atoms with Gasteiger partial charge in [0.05, 0.1) is 11.9 Å². The fraction of sp³-hybridized carbons (Fsp3) is 0.500. The molecule has 0 atom stereocenters. The van der Waals surface area contributed by atoms with Gasteiger partial charge < -0.3 is 19.8 Å². The summed E-state index contributed by atoms with van der Waals surface area (Å²) in [5, 5.41) is 18.4. The molecule has 0 bridgehead atoms. The molecule has 60 valence electrons. The van der Waals surface area contributed by atoms with Crippen LogP contribution in [0.15, 0.2) is 0 Å². The van der Waals surface area contributed by atoms with Crippen LogP contribution in [0.4, 0.5) is 0 Å². The zero-order chi connectivity index (χ0) is 8.57. The molecule has 0 unspecified atom stereocenters. The van der Waals surface area contributed by atoms with Crippen molar-refractivity contribution in [2.45, 2.75) is 0 Å². The molecule has 7 heteroatoms. The largest absolute Gasteiger partial charge is 2.00 e. The summed E-state index contributed by atoms with van der Waals surface area (Å²) in [6, 6.07) is 0. The van der Waals surface area contributed by atoms with Crippen molar-refractivity contribution in [3.05, 3.63) is 0 Å². The van der Waals surface area contributed by atoms with Crippen LogP contribution in [-0.2, 0) is 9.59 Å². The van der Waals surface area contributed by atoms with Gasteiger partial charge in [0.1, 0.15) is 0 Å². The summed E-state index contributed by atoms with van der Waals surface area (Å²) >= 11 is 6.71. The summed E-state index contributed by atoms with van der Waals surface area (Å²) in [5.41, 5.74) is 0. The van der Waals surface area contributed by atoms with E-state index in [0.29, 0.717) is 0 Å². The van der Waals surface area contributed by atoms with Crippen LogP contribution in [0.3, 0.4) is 0 Å². The number of rotatable bonds is 2. The van der Waals surface area contributed by atoms with Crippen molar-refractivity contribution in [1.29, 1.82) is 0 Å². The second kappa shape index (κ2) is 13.5. The SMILES string of the molecule is O=C([O-])CS.O=C([O-])CS.[Ca+2]. The minimum absolute atomic E-state index is 0. The molecule has 0 heterocycles. The van der Waals surface area contributed by atoms with Crippen LogP contribution in [-0.4, -0.2) is 61.2 Å². The minimum atomic E-state index is -1.13. The molecule has 0 fully saturated rings. The second-order valence-corrected chi connectivity index (χ2v) is 1.69. The number of carboxylic acids is 2. The van der Waals surface area contributed by atoms with E-state index in [4.69, 9.17) is 0 Å². The predicted octanol–water partition coefficient (Wildman–Crippen LogP) is -3.05. The third-order valence-corrected chi connectivity index (χ3v) is 0.775. The molecule has 0 radical (unpaired) electrons. The predicted molar refractivity (Wildman–Crippen MR) is 43.5 cm³/mol. The average molecular weight is 222 g/mol. The van der Waals surface area contributed by atoms with Gasteiger partial charge in [-0.1, -0.05) is 0 Å². The number of hydrogen-bond acceptors (Lipinski definition) is 6. The van der Waals surface area contributed by atoms with Crippen molar-refractivity contribution in [3.63, 3.8) is 0 Å². The molecule has 0 aromatic heterocycles. The molecule has 0 rings (SSSR count). The minimum Gasteiger partial charge on any atom is -0.549 e. The number of carbonyl (C=O) groups is 2. The van der Waals surface area contributed by atoms with Gasteiger partial charge in [-0.2, -0.15) is 25.3 Å². The van der Waals surface area contributed by atoms with Gasteiger partial charge in [0.15, 0.2) is 0 Å². The van der Waals surface area contributed by atoms with E-state index < -0.39 is 11.9 Å². The summed E-state index contributed by atoms with van der Waals surface area (Å²) in [5.74, 6) is -2.65. The molecule has 11 heavy (non-hydrogen) atoms. The zero-order valence-electron chi connectivity index (χ0n) is 5.65. The van der Waals surface area contributed by atoms with E-state index >= 15 is 0 Å². The normalized spacial score (nSPS) is 6.73. The molecule has 0 aromatic carbocycles. The van der Waals surface area contributed by atoms with Gasteiger partial charge in [0.2, 0.25) is 0 Å². The van der Waals surface area contributed by atoms with Crippen LogP contribution >= 0.6 is 25.3 Å². The molecule has 0 saturated carbocycles. The topological polar surface area (TPSA) is 80.3 Å². The summed E-state index contributed by atoms with van der Waals surface area (Å²) in [7, 11) is 0. The molecule has 0 N–H and O–H groups in total. The molecule has 0 spiro atoms. The van der Waals surface area contributed by atoms with Crippen LogP contribution < -0.4 is 10.2 Å². The molecular formula is C4H6CaO4S2.